The van der Waals surface area contributed by atoms with Gasteiger partial charge in [0, 0.05) is 13.1 Å². The zero-order valence-electron chi connectivity index (χ0n) is 10.7. The molecule has 1 saturated heterocycles. The molecule has 1 amide bonds. The van der Waals surface area contributed by atoms with E-state index in [1.165, 1.54) is 0 Å². The van der Waals surface area contributed by atoms with Gasteiger partial charge in [-0.1, -0.05) is 6.42 Å². The Morgan fingerprint density at radius 2 is 2.11 bits per heavy atom. The minimum Gasteiger partial charge on any atom is -0.481 e. The SMILES string of the molecule is O=C(O)CC1(CNC(=O)[C@@H]2CCCNC2)CCC1. The Morgan fingerprint density at radius 3 is 2.61 bits per heavy atom. The largest absolute Gasteiger partial charge is 0.481 e. The van der Waals surface area contributed by atoms with Gasteiger partial charge in [-0.3, -0.25) is 9.59 Å². The molecule has 102 valence electrons. The molecule has 1 saturated carbocycles. The Morgan fingerprint density at radius 1 is 1.33 bits per heavy atom. The van der Waals surface area contributed by atoms with Crippen molar-refractivity contribution in [3.05, 3.63) is 0 Å². The van der Waals surface area contributed by atoms with Crippen LogP contribution in [0.4, 0.5) is 0 Å². The monoisotopic (exact) mass is 254 g/mol. The zero-order valence-corrected chi connectivity index (χ0v) is 10.7. The molecular weight excluding hydrogens is 232 g/mol. The van der Waals surface area contributed by atoms with Crippen LogP contribution in [-0.4, -0.2) is 36.6 Å². The third-order valence-electron chi connectivity index (χ3n) is 4.25. The predicted octanol–water partition coefficient (Wildman–Crippen LogP) is 0.747. The lowest BCUT2D eigenvalue weighted by Gasteiger charge is -2.41. The molecule has 0 bridgehead atoms. The van der Waals surface area contributed by atoms with Gasteiger partial charge in [0.15, 0.2) is 0 Å². The van der Waals surface area contributed by atoms with E-state index in [9.17, 15) is 9.59 Å². The summed E-state index contributed by atoms with van der Waals surface area (Å²) in [5, 5.41) is 15.1. The summed E-state index contributed by atoms with van der Waals surface area (Å²) in [6.07, 6.45) is 5.07. The predicted molar refractivity (Wildman–Crippen MR) is 67.1 cm³/mol. The molecule has 1 aliphatic carbocycles. The highest BCUT2D eigenvalue weighted by Gasteiger charge is 2.39. The van der Waals surface area contributed by atoms with Gasteiger partial charge in [-0.05, 0) is 37.6 Å². The summed E-state index contributed by atoms with van der Waals surface area (Å²) in [6, 6.07) is 0. The second-order valence-electron chi connectivity index (χ2n) is 5.69. The van der Waals surface area contributed by atoms with Crippen molar-refractivity contribution in [2.45, 2.75) is 38.5 Å². The average Bonchev–Trinajstić information content (AvgIpc) is 2.32. The maximum Gasteiger partial charge on any atom is 0.303 e. The molecule has 0 spiro atoms. The lowest BCUT2D eigenvalue weighted by Crippen LogP contribution is -2.47. The molecule has 5 nitrogen and oxygen atoms in total. The normalized spacial score (nSPS) is 26.1. The van der Waals surface area contributed by atoms with Crippen LogP contribution in [0.3, 0.4) is 0 Å². The van der Waals surface area contributed by atoms with E-state index < -0.39 is 5.97 Å². The lowest BCUT2D eigenvalue weighted by molar-refractivity contribution is -0.142. The quantitative estimate of drug-likeness (QED) is 0.676. The lowest BCUT2D eigenvalue weighted by atomic mass is 9.66. The van der Waals surface area contributed by atoms with Gasteiger partial charge in [0.05, 0.1) is 12.3 Å². The third kappa shape index (κ3) is 3.22. The van der Waals surface area contributed by atoms with Crippen LogP contribution >= 0.6 is 0 Å². The number of aliphatic carboxylic acids is 1. The Kier molecular flexibility index (Phi) is 4.22. The van der Waals surface area contributed by atoms with Crippen molar-refractivity contribution >= 4 is 11.9 Å². The molecule has 1 aliphatic heterocycles. The van der Waals surface area contributed by atoms with Gasteiger partial charge in [0.25, 0.3) is 0 Å². The summed E-state index contributed by atoms with van der Waals surface area (Å²) in [5.74, 6) is -0.622. The minimum atomic E-state index is -0.761. The molecule has 0 unspecified atom stereocenters. The standard InChI is InChI=1S/C13H22N2O3/c16-11(17)7-13(4-2-5-13)9-15-12(18)10-3-1-6-14-8-10/h10,14H,1-9H2,(H,15,18)(H,16,17)/t10-/m1/s1. The first-order valence-corrected chi connectivity index (χ1v) is 6.82. The van der Waals surface area contributed by atoms with E-state index >= 15 is 0 Å². The molecule has 1 atom stereocenters. The van der Waals surface area contributed by atoms with E-state index in [1.54, 1.807) is 0 Å². The van der Waals surface area contributed by atoms with Crippen molar-refractivity contribution in [1.29, 1.82) is 0 Å². The van der Waals surface area contributed by atoms with Crippen LogP contribution in [0.5, 0.6) is 0 Å². The molecule has 3 N–H and O–H groups in total. The molecule has 0 aromatic rings. The number of piperidine rings is 1. The van der Waals surface area contributed by atoms with Crippen LogP contribution in [0.2, 0.25) is 0 Å². The van der Waals surface area contributed by atoms with Crippen LogP contribution in [0.25, 0.3) is 0 Å². The van der Waals surface area contributed by atoms with Gasteiger partial charge in [-0.25, -0.2) is 0 Å². The van der Waals surface area contributed by atoms with Crippen LogP contribution < -0.4 is 10.6 Å². The van der Waals surface area contributed by atoms with Gasteiger partial charge in [0.2, 0.25) is 5.91 Å². The maximum absolute atomic E-state index is 12.0. The molecule has 18 heavy (non-hydrogen) atoms. The van der Waals surface area contributed by atoms with Crippen molar-refractivity contribution in [2.24, 2.45) is 11.3 Å². The molecular formula is C13H22N2O3. The van der Waals surface area contributed by atoms with E-state index in [1.807, 2.05) is 0 Å². The van der Waals surface area contributed by atoms with E-state index in [0.717, 1.165) is 45.2 Å². The Bertz CT molecular complexity index is 320. The van der Waals surface area contributed by atoms with Gasteiger partial charge in [-0.2, -0.15) is 0 Å². The second-order valence-corrected chi connectivity index (χ2v) is 5.69. The van der Waals surface area contributed by atoms with Gasteiger partial charge in [0.1, 0.15) is 0 Å². The molecule has 2 rings (SSSR count). The fourth-order valence-corrected chi connectivity index (χ4v) is 2.91. The van der Waals surface area contributed by atoms with Crippen molar-refractivity contribution in [1.82, 2.24) is 10.6 Å². The topological polar surface area (TPSA) is 78.4 Å². The van der Waals surface area contributed by atoms with Crippen molar-refractivity contribution in [2.75, 3.05) is 19.6 Å². The number of amides is 1. The highest BCUT2D eigenvalue weighted by Crippen LogP contribution is 2.43. The molecule has 2 aliphatic rings. The summed E-state index contributed by atoms with van der Waals surface area (Å²) in [6.45, 7) is 2.26. The average molecular weight is 254 g/mol. The summed E-state index contributed by atoms with van der Waals surface area (Å²) in [4.78, 5) is 22.8. The summed E-state index contributed by atoms with van der Waals surface area (Å²) in [5.41, 5.74) is -0.177. The first-order valence-electron chi connectivity index (χ1n) is 6.82. The zero-order chi connectivity index (χ0) is 13.0. The van der Waals surface area contributed by atoms with E-state index in [4.69, 9.17) is 5.11 Å². The molecule has 2 fully saturated rings. The molecule has 1 heterocycles. The number of nitrogens with one attached hydrogen (secondary N) is 2. The smallest absolute Gasteiger partial charge is 0.303 e. The number of rotatable bonds is 5. The Labute approximate surface area is 107 Å². The molecule has 5 heteroatoms. The number of carboxylic acid groups (broad SMARTS) is 1. The number of carbonyl (C=O) groups excluding carboxylic acids is 1. The first-order chi connectivity index (χ1) is 8.61. The third-order valence-corrected chi connectivity index (χ3v) is 4.25. The van der Waals surface area contributed by atoms with E-state index in [-0.39, 0.29) is 23.7 Å². The fourth-order valence-electron chi connectivity index (χ4n) is 2.91. The van der Waals surface area contributed by atoms with Crippen molar-refractivity contribution in [3.63, 3.8) is 0 Å². The van der Waals surface area contributed by atoms with Gasteiger partial charge >= 0.3 is 5.97 Å². The molecule has 0 radical (unpaired) electrons. The van der Waals surface area contributed by atoms with Crippen LogP contribution in [0.1, 0.15) is 38.5 Å². The second kappa shape index (κ2) is 5.69. The highest BCUT2D eigenvalue weighted by molar-refractivity contribution is 5.79. The van der Waals surface area contributed by atoms with Gasteiger partial charge in [-0.15, -0.1) is 0 Å². The number of carbonyl (C=O) groups is 2. The number of hydrogen-bond acceptors (Lipinski definition) is 3. The van der Waals surface area contributed by atoms with Crippen molar-refractivity contribution in [3.8, 4) is 0 Å². The summed E-state index contributed by atoms with van der Waals surface area (Å²) in [7, 11) is 0. The number of hydrogen-bond donors (Lipinski definition) is 3. The molecule has 0 aromatic heterocycles. The van der Waals surface area contributed by atoms with Crippen molar-refractivity contribution < 1.29 is 14.7 Å². The summed E-state index contributed by atoms with van der Waals surface area (Å²) >= 11 is 0. The number of carboxylic acids is 1. The fraction of sp³-hybridized carbons (Fsp3) is 0.846. The Balaban J connectivity index is 1.78. The van der Waals surface area contributed by atoms with Crippen LogP contribution in [0.15, 0.2) is 0 Å². The summed E-state index contributed by atoms with van der Waals surface area (Å²) < 4.78 is 0. The van der Waals surface area contributed by atoms with Crippen LogP contribution in [0, 0.1) is 11.3 Å². The molecule has 0 aromatic carbocycles. The maximum atomic E-state index is 12.0. The van der Waals surface area contributed by atoms with Crippen LogP contribution in [-0.2, 0) is 9.59 Å². The van der Waals surface area contributed by atoms with E-state index in [2.05, 4.69) is 10.6 Å². The minimum absolute atomic E-state index is 0.0562. The highest BCUT2D eigenvalue weighted by atomic mass is 16.4. The first kappa shape index (κ1) is 13.3. The van der Waals surface area contributed by atoms with Gasteiger partial charge < -0.3 is 15.7 Å². The van der Waals surface area contributed by atoms with E-state index in [0.29, 0.717) is 6.54 Å². The Hall–Kier alpha value is -1.10.